The zero-order valence-electron chi connectivity index (χ0n) is 13.1. The summed E-state index contributed by atoms with van der Waals surface area (Å²) in [5, 5.41) is 13.7. The number of benzene rings is 2. The van der Waals surface area contributed by atoms with Crippen LogP contribution in [0.4, 0.5) is 0 Å². The molecule has 0 spiro atoms. The number of hydrogen-bond donors (Lipinski definition) is 2. The first-order chi connectivity index (χ1) is 11.0. The molecule has 0 aliphatic carbocycles. The Balaban J connectivity index is 1.99. The van der Waals surface area contributed by atoms with Gasteiger partial charge in [0.1, 0.15) is 0 Å². The minimum Gasteiger partial charge on any atom is -0.386 e. The van der Waals surface area contributed by atoms with Crippen molar-refractivity contribution in [3.05, 3.63) is 70.2 Å². The van der Waals surface area contributed by atoms with Crippen molar-refractivity contribution in [2.75, 3.05) is 7.11 Å². The van der Waals surface area contributed by atoms with E-state index in [2.05, 4.69) is 5.32 Å². The molecular formula is C18H20ClNO3. The van der Waals surface area contributed by atoms with E-state index in [9.17, 15) is 9.90 Å². The van der Waals surface area contributed by atoms with Gasteiger partial charge in [-0.2, -0.15) is 0 Å². The maximum atomic E-state index is 12.2. The number of methoxy groups -OCH3 is 1. The first-order valence-electron chi connectivity index (χ1n) is 7.33. The number of ether oxygens (including phenoxy) is 1. The van der Waals surface area contributed by atoms with Gasteiger partial charge in [-0.25, -0.2) is 0 Å². The summed E-state index contributed by atoms with van der Waals surface area (Å²) in [4.78, 5) is 12.2. The van der Waals surface area contributed by atoms with Crippen molar-refractivity contribution in [1.82, 2.24) is 5.32 Å². The molecule has 0 aliphatic rings. The van der Waals surface area contributed by atoms with Gasteiger partial charge in [0.25, 0.3) is 5.91 Å². The van der Waals surface area contributed by atoms with Crippen LogP contribution in [0, 0.1) is 0 Å². The van der Waals surface area contributed by atoms with Crippen molar-refractivity contribution < 1.29 is 14.6 Å². The van der Waals surface area contributed by atoms with Crippen molar-refractivity contribution in [3.63, 3.8) is 0 Å². The zero-order valence-corrected chi connectivity index (χ0v) is 13.9. The summed E-state index contributed by atoms with van der Waals surface area (Å²) in [6.07, 6.45) is -0.802. The van der Waals surface area contributed by atoms with Crippen LogP contribution in [-0.4, -0.2) is 24.2 Å². The Morgan fingerprint density at radius 1 is 1.17 bits per heavy atom. The average molecular weight is 334 g/mol. The molecule has 0 radical (unpaired) electrons. The van der Waals surface area contributed by atoms with E-state index in [1.165, 1.54) is 0 Å². The van der Waals surface area contributed by atoms with Gasteiger partial charge < -0.3 is 15.2 Å². The molecule has 2 rings (SSSR count). The van der Waals surface area contributed by atoms with Crippen molar-refractivity contribution >= 4 is 17.5 Å². The fourth-order valence-corrected chi connectivity index (χ4v) is 2.36. The minimum absolute atomic E-state index is 0.227. The zero-order chi connectivity index (χ0) is 16.8. The molecule has 0 saturated carbocycles. The molecule has 0 fully saturated rings. The molecule has 0 bridgehead atoms. The molecule has 2 aromatic carbocycles. The largest absolute Gasteiger partial charge is 0.386 e. The summed E-state index contributed by atoms with van der Waals surface area (Å²) in [6.45, 7) is 2.27. The SMILES string of the molecule is COCc1ccc(C(=O)NC(C)C(O)c2ccc(Cl)cc2)cc1. The maximum Gasteiger partial charge on any atom is 0.251 e. The molecule has 122 valence electrons. The molecule has 2 N–H and O–H groups in total. The average Bonchev–Trinajstić information content (AvgIpc) is 2.55. The molecule has 2 unspecified atom stereocenters. The number of aliphatic hydroxyl groups is 1. The Bertz CT molecular complexity index is 640. The number of carbonyl (C=O) groups excluding carboxylic acids is 1. The predicted octanol–water partition coefficient (Wildman–Crippen LogP) is 3.34. The summed E-state index contributed by atoms with van der Waals surface area (Å²) < 4.78 is 5.04. The highest BCUT2D eigenvalue weighted by molar-refractivity contribution is 6.30. The van der Waals surface area contributed by atoms with Gasteiger partial charge in [0.15, 0.2) is 0 Å². The van der Waals surface area contributed by atoms with E-state index in [4.69, 9.17) is 16.3 Å². The van der Waals surface area contributed by atoms with Crippen molar-refractivity contribution in [1.29, 1.82) is 0 Å². The van der Waals surface area contributed by atoms with Gasteiger partial charge in [0.05, 0.1) is 18.8 Å². The lowest BCUT2D eigenvalue weighted by Gasteiger charge is -2.20. The second-order valence-electron chi connectivity index (χ2n) is 5.39. The summed E-state index contributed by atoms with van der Waals surface area (Å²) in [7, 11) is 1.63. The third-order valence-corrected chi connectivity index (χ3v) is 3.82. The van der Waals surface area contributed by atoms with E-state index in [0.29, 0.717) is 22.8 Å². The van der Waals surface area contributed by atoms with Gasteiger partial charge in [-0.1, -0.05) is 35.9 Å². The van der Waals surface area contributed by atoms with E-state index in [1.807, 2.05) is 12.1 Å². The molecule has 2 atom stereocenters. The van der Waals surface area contributed by atoms with E-state index in [-0.39, 0.29) is 5.91 Å². The highest BCUT2D eigenvalue weighted by atomic mass is 35.5. The lowest BCUT2D eigenvalue weighted by Crippen LogP contribution is -2.37. The highest BCUT2D eigenvalue weighted by Gasteiger charge is 2.19. The molecule has 5 heteroatoms. The molecule has 0 aliphatic heterocycles. The number of hydrogen-bond acceptors (Lipinski definition) is 3. The number of halogens is 1. The maximum absolute atomic E-state index is 12.2. The van der Waals surface area contributed by atoms with Crippen LogP contribution in [0.2, 0.25) is 5.02 Å². The smallest absolute Gasteiger partial charge is 0.251 e. The molecule has 2 aromatic rings. The van der Waals surface area contributed by atoms with Gasteiger partial charge in [-0.3, -0.25) is 4.79 Å². The summed E-state index contributed by atoms with van der Waals surface area (Å²) >= 11 is 5.84. The number of carbonyl (C=O) groups is 1. The second kappa shape index (κ2) is 8.11. The van der Waals surface area contributed by atoms with Crippen molar-refractivity contribution in [2.24, 2.45) is 0 Å². The van der Waals surface area contributed by atoms with Crippen LogP contribution in [0.25, 0.3) is 0 Å². The Labute approximate surface area is 141 Å². The van der Waals surface area contributed by atoms with Crippen molar-refractivity contribution in [3.8, 4) is 0 Å². The van der Waals surface area contributed by atoms with Gasteiger partial charge in [0, 0.05) is 17.7 Å². The van der Waals surface area contributed by atoms with Crippen LogP contribution in [0.15, 0.2) is 48.5 Å². The van der Waals surface area contributed by atoms with E-state index >= 15 is 0 Å². The Kier molecular flexibility index (Phi) is 6.16. The molecule has 23 heavy (non-hydrogen) atoms. The third-order valence-electron chi connectivity index (χ3n) is 3.57. The normalized spacial score (nSPS) is 13.4. The topological polar surface area (TPSA) is 58.6 Å². The summed E-state index contributed by atoms with van der Waals surface area (Å²) in [5.41, 5.74) is 2.25. The standard InChI is InChI=1S/C18H20ClNO3/c1-12(17(21)14-7-9-16(19)10-8-14)20-18(22)15-5-3-13(4-6-15)11-23-2/h3-10,12,17,21H,11H2,1-2H3,(H,20,22). The quantitative estimate of drug-likeness (QED) is 0.852. The van der Waals surface area contributed by atoms with Gasteiger partial charge in [0.2, 0.25) is 0 Å². The summed E-state index contributed by atoms with van der Waals surface area (Å²) in [6, 6.07) is 13.7. The van der Waals surface area contributed by atoms with Crippen molar-refractivity contribution in [2.45, 2.75) is 25.7 Å². The van der Waals surface area contributed by atoms with Crippen LogP contribution >= 0.6 is 11.6 Å². The summed E-state index contributed by atoms with van der Waals surface area (Å²) in [5.74, 6) is -0.227. The van der Waals surface area contributed by atoms with E-state index in [1.54, 1.807) is 50.4 Å². The Morgan fingerprint density at radius 3 is 2.35 bits per heavy atom. The lowest BCUT2D eigenvalue weighted by atomic mass is 10.0. The van der Waals surface area contributed by atoms with Crippen LogP contribution in [-0.2, 0) is 11.3 Å². The number of nitrogens with one attached hydrogen (secondary N) is 1. The lowest BCUT2D eigenvalue weighted by molar-refractivity contribution is 0.0852. The van der Waals surface area contributed by atoms with Crippen LogP contribution < -0.4 is 5.32 Å². The fraction of sp³-hybridized carbons (Fsp3) is 0.278. The number of aliphatic hydroxyl groups excluding tert-OH is 1. The molecule has 0 saturated heterocycles. The molecule has 4 nitrogen and oxygen atoms in total. The van der Waals surface area contributed by atoms with Crippen LogP contribution in [0.3, 0.4) is 0 Å². The molecular weight excluding hydrogens is 314 g/mol. The van der Waals surface area contributed by atoms with E-state index < -0.39 is 12.1 Å². The first-order valence-corrected chi connectivity index (χ1v) is 7.71. The molecule has 1 amide bonds. The van der Waals surface area contributed by atoms with Crippen LogP contribution in [0.5, 0.6) is 0 Å². The number of amides is 1. The third kappa shape index (κ3) is 4.79. The van der Waals surface area contributed by atoms with Gasteiger partial charge in [-0.05, 0) is 42.3 Å². The second-order valence-corrected chi connectivity index (χ2v) is 5.82. The van der Waals surface area contributed by atoms with Gasteiger partial charge >= 0.3 is 0 Å². The van der Waals surface area contributed by atoms with Gasteiger partial charge in [-0.15, -0.1) is 0 Å². The van der Waals surface area contributed by atoms with Crippen LogP contribution in [0.1, 0.15) is 34.5 Å². The molecule has 0 heterocycles. The number of rotatable bonds is 6. The van der Waals surface area contributed by atoms with E-state index in [0.717, 1.165) is 5.56 Å². The monoisotopic (exact) mass is 333 g/mol. The minimum atomic E-state index is -0.802. The highest BCUT2D eigenvalue weighted by Crippen LogP contribution is 2.19. The fourth-order valence-electron chi connectivity index (χ4n) is 2.24. The molecule has 0 aromatic heterocycles. The Hall–Kier alpha value is -1.88. The Morgan fingerprint density at radius 2 is 1.78 bits per heavy atom. The predicted molar refractivity (Wildman–Crippen MR) is 90.5 cm³/mol. The first kappa shape index (κ1) is 17.5.